The van der Waals surface area contributed by atoms with Gasteiger partial charge in [0.05, 0.1) is 30.6 Å². The van der Waals surface area contributed by atoms with Gasteiger partial charge in [0.15, 0.2) is 5.78 Å². The van der Waals surface area contributed by atoms with Gasteiger partial charge in [0.1, 0.15) is 0 Å². The minimum atomic E-state index is -1.36. The molecule has 0 fully saturated rings. The number of Topliss-reactive ketones (excluding diaryl/α,β-unsaturated/α-hetero) is 1. The van der Waals surface area contributed by atoms with E-state index in [0.29, 0.717) is 28.2 Å². The molecule has 1 aliphatic rings. The van der Waals surface area contributed by atoms with E-state index in [4.69, 9.17) is 9.73 Å². The lowest BCUT2D eigenvalue weighted by molar-refractivity contribution is -0.120. The number of hydrogen-bond donors (Lipinski definition) is 2. The van der Waals surface area contributed by atoms with Crippen LogP contribution < -0.4 is 15.5 Å². The number of ketones is 1. The summed E-state index contributed by atoms with van der Waals surface area (Å²) in [6, 6.07) is 29.2. The Morgan fingerprint density at radius 3 is 2.36 bits per heavy atom. The van der Waals surface area contributed by atoms with Crippen LogP contribution in [0.25, 0.3) is 0 Å². The summed E-state index contributed by atoms with van der Waals surface area (Å²) < 4.78 is 4.75. The number of fused-ring (bicyclic) bond motifs is 1. The van der Waals surface area contributed by atoms with Crippen molar-refractivity contribution in [3.63, 3.8) is 0 Å². The molecular formula is C33H28N4O5. The lowest BCUT2D eigenvalue weighted by atomic mass is 9.99. The van der Waals surface area contributed by atoms with Crippen molar-refractivity contribution in [2.24, 2.45) is 4.99 Å². The zero-order valence-corrected chi connectivity index (χ0v) is 23.0. The number of carbonyl (C=O) groups excluding carboxylic acids is 4. The number of methoxy groups -OCH3 is 1. The molecule has 1 aliphatic heterocycles. The van der Waals surface area contributed by atoms with Gasteiger partial charge in [0, 0.05) is 22.4 Å². The number of aryl methyl sites for hydroxylation is 1. The number of anilines is 2. The van der Waals surface area contributed by atoms with Crippen molar-refractivity contribution in [2.75, 3.05) is 23.9 Å². The highest BCUT2D eigenvalue weighted by atomic mass is 16.5. The molecule has 1 heterocycles. The van der Waals surface area contributed by atoms with E-state index in [2.05, 4.69) is 10.6 Å². The van der Waals surface area contributed by atoms with Gasteiger partial charge in [-0.15, -0.1) is 0 Å². The van der Waals surface area contributed by atoms with Gasteiger partial charge >= 0.3 is 12.0 Å². The third-order valence-corrected chi connectivity index (χ3v) is 6.81. The molecule has 0 spiro atoms. The third kappa shape index (κ3) is 5.95. The zero-order chi connectivity index (χ0) is 29.6. The molecule has 0 aliphatic carbocycles. The summed E-state index contributed by atoms with van der Waals surface area (Å²) in [5.41, 5.74) is 4.24. The van der Waals surface area contributed by atoms with Crippen molar-refractivity contribution in [3.8, 4) is 0 Å². The van der Waals surface area contributed by atoms with E-state index in [1.54, 1.807) is 42.5 Å². The van der Waals surface area contributed by atoms with Gasteiger partial charge in [-0.3, -0.25) is 9.59 Å². The molecule has 0 radical (unpaired) electrons. The monoisotopic (exact) mass is 560 g/mol. The van der Waals surface area contributed by atoms with Crippen LogP contribution in [0, 0.1) is 6.92 Å². The first kappa shape index (κ1) is 28.0. The maximum atomic E-state index is 14.1. The number of nitrogens with one attached hydrogen (secondary N) is 2. The lowest BCUT2D eigenvalue weighted by Crippen LogP contribution is -2.50. The molecule has 0 aromatic heterocycles. The molecule has 5 rings (SSSR count). The first-order chi connectivity index (χ1) is 20.4. The third-order valence-electron chi connectivity index (χ3n) is 6.81. The molecule has 4 aromatic carbocycles. The van der Waals surface area contributed by atoms with E-state index < -0.39 is 24.1 Å². The van der Waals surface area contributed by atoms with E-state index in [1.165, 1.54) is 18.1 Å². The number of amides is 3. The van der Waals surface area contributed by atoms with Gasteiger partial charge in [0.25, 0.3) is 5.91 Å². The molecule has 3 amide bonds. The number of esters is 1. The van der Waals surface area contributed by atoms with E-state index in [9.17, 15) is 19.2 Å². The lowest BCUT2D eigenvalue weighted by Gasteiger charge is -2.25. The van der Waals surface area contributed by atoms with Crippen LogP contribution in [-0.4, -0.2) is 49.2 Å². The fourth-order valence-electron chi connectivity index (χ4n) is 4.76. The second kappa shape index (κ2) is 12.3. The maximum Gasteiger partial charge on any atom is 0.337 e. The summed E-state index contributed by atoms with van der Waals surface area (Å²) in [7, 11) is 1.27. The van der Waals surface area contributed by atoms with Crippen molar-refractivity contribution in [3.05, 3.63) is 131 Å². The summed E-state index contributed by atoms with van der Waals surface area (Å²) in [6.07, 6.45) is -1.36. The minimum Gasteiger partial charge on any atom is -0.465 e. The average molecular weight is 561 g/mol. The SMILES string of the molecule is COC(=O)c1cccc(NC(=O)N[C@H]2N=C(c3ccccc3)c3ccccc3N(CC(=O)c3ccccc3C)C2=O)c1. The van der Waals surface area contributed by atoms with E-state index in [-0.39, 0.29) is 17.9 Å². The molecule has 0 saturated heterocycles. The molecule has 0 bridgehead atoms. The quantitative estimate of drug-likeness (QED) is 0.244. The fourth-order valence-corrected chi connectivity index (χ4v) is 4.76. The molecular weight excluding hydrogens is 532 g/mol. The van der Waals surface area contributed by atoms with Crippen molar-refractivity contribution >= 4 is 40.8 Å². The molecule has 42 heavy (non-hydrogen) atoms. The van der Waals surface area contributed by atoms with Crippen LogP contribution in [0.5, 0.6) is 0 Å². The molecule has 1 atom stereocenters. The summed E-state index contributed by atoms with van der Waals surface area (Å²) in [5, 5.41) is 5.30. The standard InChI is InChI=1S/C33H28N4O5/c1-21-11-6-7-16-25(21)28(38)20-37-27-18-9-8-17-26(27)29(22-12-4-3-5-13-22)35-30(31(37)39)36-33(41)34-24-15-10-14-23(19-24)32(40)42-2/h3-19,30H,20H2,1-2H3,(H2,34,36,41)/t30-/m1/s1. The van der Waals surface area contributed by atoms with Gasteiger partial charge in [-0.2, -0.15) is 0 Å². The van der Waals surface area contributed by atoms with Crippen LogP contribution in [0.15, 0.2) is 108 Å². The summed E-state index contributed by atoms with van der Waals surface area (Å²) in [4.78, 5) is 58.7. The molecule has 2 N–H and O–H groups in total. The second-order valence-corrected chi connectivity index (χ2v) is 9.60. The number of hydrogen-bond acceptors (Lipinski definition) is 6. The van der Waals surface area contributed by atoms with Crippen molar-refractivity contribution in [1.82, 2.24) is 5.32 Å². The zero-order valence-electron chi connectivity index (χ0n) is 23.0. The number of benzodiazepines with no additional fused rings is 1. The molecule has 210 valence electrons. The van der Waals surface area contributed by atoms with E-state index >= 15 is 0 Å². The Morgan fingerprint density at radius 1 is 0.881 bits per heavy atom. The predicted molar refractivity (Wildman–Crippen MR) is 160 cm³/mol. The van der Waals surface area contributed by atoms with Crippen molar-refractivity contribution in [2.45, 2.75) is 13.1 Å². The Hall–Kier alpha value is -5.57. The normalized spacial score (nSPS) is 14.2. The highest BCUT2D eigenvalue weighted by Gasteiger charge is 2.34. The number of urea groups is 1. The van der Waals surface area contributed by atoms with Gasteiger partial charge in [-0.1, -0.05) is 78.9 Å². The molecule has 0 saturated carbocycles. The molecule has 0 unspecified atom stereocenters. The highest BCUT2D eigenvalue weighted by Crippen LogP contribution is 2.29. The van der Waals surface area contributed by atoms with Crippen LogP contribution in [0.4, 0.5) is 16.2 Å². The summed E-state index contributed by atoms with van der Waals surface area (Å²) in [6.45, 7) is 1.59. The van der Waals surface area contributed by atoms with Crippen LogP contribution in [-0.2, 0) is 9.53 Å². The van der Waals surface area contributed by atoms with Crippen LogP contribution in [0.2, 0.25) is 0 Å². The fraction of sp³-hybridized carbons (Fsp3) is 0.121. The van der Waals surface area contributed by atoms with Gasteiger partial charge in [-0.25, -0.2) is 14.6 Å². The van der Waals surface area contributed by atoms with E-state index in [1.807, 2.05) is 61.5 Å². The smallest absolute Gasteiger partial charge is 0.337 e. The van der Waals surface area contributed by atoms with Crippen molar-refractivity contribution in [1.29, 1.82) is 0 Å². The largest absolute Gasteiger partial charge is 0.465 e. The van der Waals surface area contributed by atoms with E-state index in [0.717, 1.165) is 11.1 Å². The Balaban J connectivity index is 1.51. The van der Waals surface area contributed by atoms with Crippen LogP contribution in [0.1, 0.15) is 37.4 Å². The Kier molecular flexibility index (Phi) is 8.19. The molecule has 9 nitrogen and oxygen atoms in total. The topological polar surface area (TPSA) is 117 Å². The Labute approximate surface area is 242 Å². The van der Waals surface area contributed by atoms with Gasteiger partial charge in [-0.05, 0) is 36.8 Å². The Morgan fingerprint density at radius 2 is 1.60 bits per heavy atom. The predicted octanol–water partition coefficient (Wildman–Crippen LogP) is 5.00. The molecule has 9 heteroatoms. The first-order valence-electron chi connectivity index (χ1n) is 13.2. The van der Waals surface area contributed by atoms with Crippen LogP contribution in [0.3, 0.4) is 0 Å². The van der Waals surface area contributed by atoms with Crippen LogP contribution >= 0.6 is 0 Å². The average Bonchev–Trinajstić information content (AvgIpc) is 3.12. The Bertz CT molecular complexity index is 1700. The van der Waals surface area contributed by atoms with Gasteiger partial charge in [0.2, 0.25) is 6.17 Å². The maximum absolute atomic E-state index is 14.1. The summed E-state index contributed by atoms with van der Waals surface area (Å²) in [5.74, 6) is -1.38. The molecule has 4 aromatic rings. The van der Waals surface area contributed by atoms with Gasteiger partial charge < -0.3 is 20.3 Å². The number of ether oxygens (including phenoxy) is 1. The number of aliphatic imine (C=N–C) groups is 1. The number of benzene rings is 4. The number of para-hydroxylation sites is 1. The van der Waals surface area contributed by atoms with Crippen molar-refractivity contribution < 1.29 is 23.9 Å². The number of nitrogens with zero attached hydrogens (tertiary/aromatic N) is 2. The highest BCUT2D eigenvalue weighted by molar-refractivity contribution is 6.21. The first-order valence-corrected chi connectivity index (χ1v) is 13.2. The number of carbonyl (C=O) groups is 4. The number of rotatable bonds is 7. The second-order valence-electron chi connectivity index (χ2n) is 9.60. The summed E-state index contributed by atoms with van der Waals surface area (Å²) >= 11 is 0. The minimum absolute atomic E-state index is 0.248.